The van der Waals surface area contributed by atoms with Gasteiger partial charge < -0.3 is 9.80 Å². The molecule has 148 valence electrons. The molecular formula is C24H31N3O. The lowest BCUT2D eigenvalue weighted by Crippen LogP contribution is -2.48. The molecule has 2 aromatic rings. The Morgan fingerprint density at radius 3 is 2.07 bits per heavy atom. The lowest BCUT2D eigenvalue weighted by atomic mass is 10.1. The zero-order valence-electron chi connectivity index (χ0n) is 16.7. The van der Waals surface area contributed by atoms with Gasteiger partial charge in [0.1, 0.15) is 0 Å². The SMILES string of the molecule is O=C(Cc1ccc(N2CCCCC2)cc1)N1CCN(Cc2ccccc2)CC1. The monoisotopic (exact) mass is 377 g/mol. The fourth-order valence-electron chi connectivity index (χ4n) is 4.26. The number of piperidine rings is 1. The van der Waals surface area contributed by atoms with Crippen LogP contribution in [0.15, 0.2) is 54.6 Å². The second kappa shape index (κ2) is 9.24. The van der Waals surface area contributed by atoms with Crippen molar-refractivity contribution in [2.24, 2.45) is 0 Å². The van der Waals surface area contributed by atoms with Gasteiger partial charge in [0, 0.05) is 51.5 Å². The molecule has 0 atom stereocenters. The fourth-order valence-corrected chi connectivity index (χ4v) is 4.26. The molecule has 0 bridgehead atoms. The Labute approximate surface area is 168 Å². The molecule has 2 aliphatic heterocycles. The second-order valence-corrected chi connectivity index (χ2v) is 8.03. The Bertz CT molecular complexity index is 745. The Kier molecular flexibility index (Phi) is 6.27. The first-order valence-electron chi connectivity index (χ1n) is 10.7. The quantitative estimate of drug-likeness (QED) is 0.797. The van der Waals surface area contributed by atoms with E-state index in [1.165, 1.54) is 30.5 Å². The lowest BCUT2D eigenvalue weighted by Gasteiger charge is -2.35. The van der Waals surface area contributed by atoms with Gasteiger partial charge in [-0.05, 0) is 42.5 Å². The van der Waals surface area contributed by atoms with Crippen molar-refractivity contribution in [3.63, 3.8) is 0 Å². The number of benzene rings is 2. The Morgan fingerprint density at radius 2 is 1.39 bits per heavy atom. The number of hydrogen-bond donors (Lipinski definition) is 0. The number of anilines is 1. The van der Waals surface area contributed by atoms with E-state index >= 15 is 0 Å². The van der Waals surface area contributed by atoms with Crippen molar-refractivity contribution in [1.82, 2.24) is 9.80 Å². The minimum atomic E-state index is 0.255. The highest BCUT2D eigenvalue weighted by Crippen LogP contribution is 2.20. The van der Waals surface area contributed by atoms with Crippen LogP contribution in [0.2, 0.25) is 0 Å². The molecule has 0 N–H and O–H groups in total. The maximum absolute atomic E-state index is 12.7. The summed E-state index contributed by atoms with van der Waals surface area (Å²) in [6, 6.07) is 19.2. The summed E-state index contributed by atoms with van der Waals surface area (Å²) in [7, 11) is 0. The van der Waals surface area contributed by atoms with Crippen molar-refractivity contribution in [2.75, 3.05) is 44.2 Å². The fraction of sp³-hybridized carbons (Fsp3) is 0.458. The summed E-state index contributed by atoms with van der Waals surface area (Å²) in [5.41, 5.74) is 3.76. The highest BCUT2D eigenvalue weighted by molar-refractivity contribution is 5.79. The van der Waals surface area contributed by atoms with Gasteiger partial charge >= 0.3 is 0 Å². The van der Waals surface area contributed by atoms with Crippen molar-refractivity contribution in [1.29, 1.82) is 0 Å². The van der Waals surface area contributed by atoms with Gasteiger partial charge in [-0.2, -0.15) is 0 Å². The molecule has 4 nitrogen and oxygen atoms in total. The lowest BCUT2D eigenvalue weighted by molar-refractivity contribution is -0.132. The predicted octanol–water partition coefficient (Wildman–Crippen LogP) is 3.56. The topological polar surface area (TPSA) is 26.8 Å². The zero-order chi connectivity index (χ0) is 19.2. The van der Waals surface area contributed by atoms with Gasteiger partial charge in [0.25, 0.3) is 0 Å². The van der Waals surface area contributed by atoms with Crippen LogP contribution in [0.3, 0.4) is 0 Å². The maximum atomic E-state index is 12.7. The molecule has 2 aliphatic rings. The molecule has 0 spiro atoms. The van der Waals surface area contributed by atoms with Gasteiger partial charge in [0.15, 0.2) is 0 Å². The standard InChI is InChI=1S/C24H31N3O/c28-24(19-21-9-11-23(12-10-21)26-13-5-2-6-14-26)27-17-15-25(16-18-27)20-22-7-3-1-4-8-22/h1,3-4,7-12H,2,5-6,13-20H2. The largest absolute Gasteiger partial charge is 0.372 e. The normalized spacial score (nSPS) is 18.3. The molecule has 2 heterocycles. The van der Waals surface area contributed by atoms with Crippen LogP contribution in [0, 0.1) is 0 Å². The van der Waals surface area contributed by atoms with Crippen LogP contribution >= 0.6 is 0 Å². The third kappa shape index (κ3) is 4.93. The number of carbonyl (C=O) groups is 1. The summed E-state index contributed by atoms with van der Waals surface area (Å²) < 4.78 is 0. The third-order valence-corrected chi connectivity index (χ3v) is 5.99. The van der Waals surface area contributed by atoms with E-state index in [2.05, 4.69) is 64.4 Å². The van der Waals surface area contributed by atoms with Crippen LogP contribution in [0.5, 0.6) is 0 Å². The van der Waals surface area contributed by atoms with Gasteiger partial charge in [-0.25, -0.2) is 0 Å². The minimum absolute atomic E-state index is 0.255. The van der Waals surface area contributed by atoms with E-state index in [0.717, 1.165) is 51.4 Å². The highest BCUT2D eigenvalue weighted by atomic mass is 16.2. The van der Waals surface area contributed by atoms with Gasteiger partial charge in [-0.1, -0.05) is 42.5 Å². The maximum Gasteiger partial charge on any atom is 0.227 e. The van der Waals surface area contributed by atoms with Crippen molar-refractivity contribution in [3.05, 3.63) is 65.7 Å². The van der Waals surface area contributed by atoms with Gasteiger partial charge in [-0.15, -0.1) is 0 Å². The summed E-state index contributed by atoms with van der Waals surface area (Å²) >= 11 is 0. The molecule has 1 amide bonds. The first kappa shape index (κ1) is 19.0. The average Bonchev–Trinajstić information content (AvgIpc) is 2.76. The molecule has 0 radical (unpaired) electrons. The summed E-state index contributed by atoms with van der Waals surface area (Å²) in [5, 5.41) is 0. The van der Waals surface area contributed by atoms with Crippen molar-refractivity contribution in [2.45, 2.75) is 32.2 Å². The summed E-state index contributed by atoms with van der Waals surface area (Å²) in [6.07, 6.45) is 4.44. The van der Waals surface area contributed by atoms with E-state index in [1.54, 1.807) is 0 Å². The zero-order valence-corrected chi connectivity index (χ0v) is 16.7. The Hall–Kier alpha value is -2.33. The van der Waals surface area contributed by atoms with E-state index in [9.17, 15) is 4.79 Å². The van der Waals surface area contributed by atoms with Crippen LogP contribution < -0.4 is 4.90 Å². The number of amides is 1. The van der Waals surface area contributed by atoms with Gasteiger partial charge in [0.2, 0.25) is 5.91 Å². The highest BCUT2D eigenvalue weighted by Gasteiger charge is 2.21. The number of carbonyl (C=O) groups excluding carboxylic acids is 1. The van der Waals surface area contributed by atoms with Crippen molar-refractivity contribution >= 4 is 11.6 Å². The predicted molar refractivity (Wildman–Crippen MR) is 115 cm³/mol. The molecule has 28 heavy (non-hydrogen) atoms. The van der Waals surface area contributed by atoms with E-state index in [0.29, 0.717) is 6.42 Å². The van der Waals surface area contributed by atoms with Crippen LogP contribution in [-0.2, 0) is 17.8 Å². The second-order valence-electron chi connectivity index (χ2n) is 8.03. The van der Waals surface area contributed by atoms with Gasteiger partial charge in [-0.3, -0.25) is 9.69 Å². The third-order valence-electron chi connectivity index (χ3n) is 5.99. The Balaban J connectivity index is 1.25. The molecule has 0 unspecified atom stereocenters. The molecule has 0 aromatic heterocycles. The van der Waals surface area contributed by atoms with Crippen molar-refractivity contribution in [3.8, 4) is 0 Å². The van der Waals surface area contributed by atoms with E-state index in [-0.39, 0.29) is 5.91 Å². The van der Waals surface area contributed by atoms with E-state index < -0.39 is 0 Å². The summed E-state index contributed by atoms with van der Waals surface area (Å²) in [4.78, 5) is 19.6. The van der Waals surface area contributed by atoms with Crippen LogP contribution in [0.1, 0.15) is 30.4 Å². The smallest absolute Gasteiger partial charge is 0.227 e. The molecule has 0 saturated carbocycles. The molecular weight excluding hydrogens is 346 g/mol. The summed E-state index contributed by atoms with van der Waals surface area (Å²) in [6.45, 7) is 6.86. The first-order valence-corrected chi connectivity index (χ1v) is 10.7. The molecule has 2 saturated heterocycles. The first-order chi connectivity index (χ1) is 13.8. The minimum Gasteiger partial charge on any atom is -0.372 e. The molecule has 2 fully saturated rings. The Morgan fingerprint density at radius 1 is 0.714 bits per heavy atom. The van der Waals surface area contributed by atoms with Crippen LogP contribution in [-0.4, -0.2) is 55.0 Å². The molecule has 0 aliphatic carbocycles. The molecule has 2 aromatic carbocycles. The molecule has 4 heteroatoms. The number of hydrogen-bond acceptors (Lipinski definition) is 3. The molecule has 4 rings (SSSR count). The number of nitrogens with zero attached hydrogens (tertiary/aromatic N) is 3. The van der Waals surface area contributed by atoms with Crippen LogP contribution in [0.25, 0.3) is 0 Å². The van der Waals surface area contributed by atoms with E-state index in [1.807, 2.05) is 4.90 Å². The van der Waals surface area contributed by atoms with Gasteiger partial charge in [0.05, 0.1) is 6.42 Å². The van der Waals surface area contributed by atoms with E-state index in [4.69, 9.17) is 0 Å². The summed E-state index contributed by atoms with van der Waals surface area (Å²) in [5.74, 6) is 0.255. The average molecular weight is 378 g/mol. The van der Waals surface area contributed by atoms with Crippen molar-refractivity contribution < 1.29 is 4.79 Å². The number of piperazine rings is 1. The number of rotatable bonds is 5. The van der Waals surface area contributed by atoms with Crippen LogP contribution in [0.4, 0.5) is 5.69 Å².